The van der Waals surface area contributed by atoms with E-state index < -0.39 is 0 Å². The van der Waals surface area contributed by atoms with Gasteiger partial charge < -0.3 is 0 Å². The van der Waals surface area contributed by atoms with Gasteiger partial charge in [0.1, 0.15) is 0 Å². The van der Waals surface area contributed by atoms with Crippen molar-refractivity contribution in [3.63, 3.8) is 0 Å². The molecule has 1 rings (SSSR count). The minimum absolute atomic E-state index is 0.0366. The van der Waals surface area contributed by atoms with E-state index in [0.717, 1.165) is 0 Å². The maximum atomic E-state index is 2.38. The zero-order chi connectivity index (χ0) is 8.65. The maximum absolute atomic E-state index is 2.38. The fraction of sp³-hybridized carbons (Fsp3) is 0.273. The van der Waals surface area contributed by atoms with E-state index in [1.54, 1.807) is 0 Å². The molecule has 1 heteroatoms. The third-order valence-electron chi connectivity index (χ3n) is 1.50. The van der Waals surface area contributed by atoms with Gasteiger partial charge in [-0.2, -0.15) is 0 Å². The summed E-state index contributed by atoms with van der Waals surface area (Å²) < 4.78 is 3.90. The Bertz CT molecular complexity index is 226. The van der Waals surface area contributed by atoms with Gasteiger partial charge in [-0.25, -0.2) is 0 Å². The molecule has 0 spiro atoms. The molecule has 0 aliphatic rings. The molecule has 0 aromatic heterocycles. The summed E-state index contributed by atoms with van der Waals surface area (Å²) in [7, 11) is 0. The summed E-state index contributed by atoms with van der Waals surface area (Å²) in [5.74, 6) is 0. The van der Waals surface area contributed by atoms with Gasteiger partial charge in [-0.3, -0.25) is 0 Å². The molecule has 0 atom stereocenters. The first-order chi connectivity index (χ1) is 5.93. The molecule has 12 heavy (non-hydrogen) atoms. The van der Waals surface area contributed by atoms with E-state index in [2.05, 4.69) is 47.5 Å². The van der Waals surface area contributed by atoms with E-state index in [1.807, 2.05) is 0 Å². The van der Waals surface area contributed by atoms with Crippen LogP contribution >= 0.6 is 0 Å². The molecular formula is C11H14Te. The van der Waals surface area contributed by atoms with Crippen molar-refractivity contribution in [2.75, 3.05) is 0 Å². The van der Waals surface area contributed by atoms with Crippen molar-refractivity contribution in [3.05, 3.63) is 40.5 Å². The van der Waals surface area contributed by atoms with Crippen LogP contribution in [0.5, 0.6) is 0 Å². The van der Waals surface area contributed by atoms with Gasteiger partial charge in [0, 0.05) is 0 Å². The third-order valence-corrected chi connectivity index (χ3v) is 3.99. The molecule has 0 aliphatic heterocycles. The van der Waals surface area contributed by atoms with Gasteiger partial charge in [0.25, 0.3) is 0 Å². The summed E-state index contributed by atoms with van der Waals surface area (Å²) in [4.78, 5) is 0. The van der Waals surface area contributed by atoms with Gasteiger partial charge >= 0.3 is 84.8 Å². The Morgan fingerprint density at radius 1 is 1.25 bits per heavy atom. The average Bonchev–Trinajstić information content (AvgIpc) is 2.14. The van der Waals surface area contributed by atoms with Gasteiger partial charge in [-0.15, -0.1) is 0 Å². The Morgan fingerprint density at radius 2 is 2.00 bits per heavy atom. The van der Waals surface area contributed by atoms with E-state index in [4.69, 9.17) is 0 Å². The molecular weight excluding hydrogens is 260 g/mol. The second-order valence-electron chi connectivity index (χ2n) is 2.59. The zero-order valence-electron chi connectivity index (χ0n) is 7.36. The third kappa shape index (κ3) is 3.95. The van der Waals surface area contributed by atoms with Crippen molar-refractivity contribution in [1.82, 2.24) is 0 Å². The summed E-state index contributed by atoms with van der Waals surface area (Å²) >= 11 is -0.0366. The second kappa shape index (κ2) is 6.29. The molecule has 0 heterocycles. The predicted octanol–water partition coefficient (Wildman–Crippen LogP) is 2.33. The first kappa shape index (κ1) is 9.83. The van der Waals surface area contributed by atoms with Crippen molar-refractivity contribution in [1.29, 1.82) is 0 Å². The number of hydrogen-bond acceptors (Lipinski definition) is 0. The average molecular weight is 274 g/mol. The fourth-order valence-electron chi connectivity index (χ4n) is 0.860. The van der Waals surface area contributed by atoms with E-state index in [1.165, 1.54) is 16.5 Å². The molecule has 0 fully saturated rings. The SMILES string of the molecule is CCC/C=C\[Te]c1ccccc1. The Balaban J connectivity index is 2.33. The van der Waals surface area contributed by atoms with Crippen molar-refractivity contribution in [2.24, 2.45) is 0 Å². The van der Waals surface area contributed by atoms with E-state index in [9.17, 15) is 0 Å². The molecule has 0 unspecified atom stereocenters. The van der Waals surface area contributed by atoms with E-state index in [-0.39, 0.29) is 20.9 Å². The van der Waals surface area contributed by atoms with Crippen molar-refractivity contribution in [2.45, 2.75) is 19.8 Å². The quantitative estimate of drug-likeness (QED) is 0.739. The molecule has 64 valence electrons. The zero-order valence-corrected chi connectivity index (χ0v) is 9.69. The second-order valence-corrected chi connectivity index (χ2v) is 5.39. The van der Waals surface area contributed by atoms with E-state index in [0.29, 0.717) is 0 Å². The first-order valence-electron chi connectivity index (χ1n) is 4.30. The molecule has 0 saturated carbocycles. The Morgan fingerprint density at radius 3 is 2.67 bits per heavy atom. The Hall–Kier alpha value is -0.250. The van der Waals surface area contributed by atoms with Crippen LogP contribution in [-0.2, 0) is 0 Å². The molecule has 0 saturated heterocycles. The minimum atomic E-state index is -0.0366. The summed E-state index contributed by atoms with van der Waals surface area (Å²) in [5, 5.41) is 0. The van der Waals surface area contributed by atoms with Crippen LogP contribution in [0, 0.1) is 0 Å². The number of unbranched alkanes of at least 4 members (excludes halogenated alkanes) is 1. The predicted molar refractivity (Wildman–Crippen MR) is 55.9 cm³/mol. The number of benzene rings is 1. The van der Waals surface area contributed by atoms with E-state index >= 15 is 0 Å². The van der Waals surface area contributed by atoms with Crippen LogP contribution in [-0.4, -0.2) is 20.9 Å². The normalized spacial score (nSPS) is 10.8. The van der Waals surface area contributed by atoms with Crippen LogP contribution in [0.15, 0.2) is 40.5 Å². The van der Waals surface area contributed by atoms with Crippen LogP contribution in [0.2, 0.25) is 0 Å². The number of hydrogen-bond donors (Lipinski definition) is 0. The van der Waals surface area contributed by atoms with Crippen LogP contribution in [0.25, 0.3) is 0 Å². The van der Waals surface area contributed by atoms with Crippen LogP contribution in [0.4, 0.5) is 0 Å². The standard InChI is InChI=1S/C11H14Te/c1-2-3-7-10-12-11-8-5-4-6-9-11/h4-10H,2-3H2,1H3/b10-7-. The van der Waals surface area contributed by atoms with Gasteiger partial charge in [0.15, 0.2) is 0 Å². The summed E-state index contributed by atoms with van der Waals surface area (Å²) in [6.07, 6.45) is 4.81. The van der Waals surface area contributed by atoms with Crippen molar-refractivity contribution < 1.29 is 0 Å². The van der Waals surface area contributed by atoms with Gasteiger partial charge in [0.2, 0.25) is 0 Å². The first-order valence-corrected chi connectivity index (χ1v) is 6.81. The number of allylic oxidation sites excluding steroid dienone is 1. The monoisotopic (exact) mass is 276 g/mol. The molecule has 0 aliphatic carbocycles. The molecule has 0 bridgehead atoms. The summed E-state index contributed by atoms with van der Waals surface area (Å²) in [6.45, 7) is 2.22. The molecule has 0 N–H and O–H groups in total. The molecule has 0 amide bonds. The van der Waals surface area contributed by atoms with Crippen LogP contribution in [0.1, 0.15) is 19.8 Å². The molecule has 1 aromatic carbocycles. The van der Waals surface area contributed by atoms with Crippen LogP contribution in [0.3, 0.4) is 0 Å². The molecule has 1 aromatic rings. The molecule has 0 radical (unpaired) electrons. The summed E-state index contributed by atoms with van der Waals surface area (Å²) in [6, 6.07) is 10.8. The fourth-order valence-corrected chi connectivity index (χ4v) is 2.87. The van der Waals surface area contributed by atoms with Gasteiger partial charge in [0.05, 0.1) is 0 Å². The van der Waals surface area contributed by atoms with Gasteiger partial charge in [-0.05, 0) is 0 Å². The van der Waals surface area contributed by atoms with Gasteiger partial charge in [-0.1, -0.05) is 0 Å². The Kier molecular flexibility index (Phi) is 5.15. The summed E-state index contributed by atoms with van der Waals surface area (Å²) in [5.41, 5.74) is 0. The molecule has 0 nitrogen and oxygen atoms in total. The van der Waals surface area contributed by atoms with Crippen LogP contribution < -0.4 is 3.61 Å². The van der Waals surface area contributed by atoms with Crippen molar-refractivity contribution >= 4 is 24.5 Å². The Labute approximate surface area is 84.8 Å². The topological polar surface area (TPSA) is 0 Å². The number of rotatable bonds is 4. The van der Waals surface area contributed by atoms with Crippen molar-refractivity contribution in [3.8, 4) is 0 Å².